The number of hydrogen-bond acceptors (Lipinski definition) is 6. The number of methoxy groups -OCH3 is 2. The summed E-state index contributed by atoms with van der Waals surface area (Å²) in [5, 5.41) is 8.92. The minimum absolute atomic E-state index is 0.0399. The number of aliphatic hydroxyl groups excluding tert-OH is 1. The van der Waals surface area contributed by atoms with E-state index in [4.69, 9.17) is 20.4 Å². The highest BCUT2D eigenvalue weighted by atomic mass is 16.5. The number of amides is 1. The fourth-order valence-electron chi connectivity index (χ4n) is 1.36. The summed E-state index contributed by atoms with van der Waals surface area (Å²) < 4.78 is 9.89. The quantitative estimate of drug-likeness (QED) is 0.241. The molecule has 0 saturated carbocycles. The van der Waals surface area contributed by atoms with E-state index in [0.717, 1.165) is 0 Å². The molecular formula is C9H21N3O4. The molecule has 7 heteroatoms. The van der Waals surface area contributed by atoms with Crippen molar-refractivity contribution in [3.8, 4) is 0 Å². The van der Waals surface area contributed by atoms with Crippen molar-refractivity contribution in [1.82, 2.24) is 10.3 Å². The zero-order chi connectivity index (χ0) is 12.4. The molecule has 0 aromatic rings. The smallest absolute Gasteiger partial charge is 0.253 e. The van der Waals surface area contributed by atoms with Crippen LogP contribution in [0.1, 0.15) is 0 Å². The largest absolute Gasteiger partial charge is 0.395 e. The van der Waals surface area contributed by atoms with Gasteiger partial charge >= 0.3 is 0 Å². The van der Waals surface area contributed by atoms with Crippen molar-refractivity contribution in [2.24, 2.45) is 5.84 Å². The lowest BCUT2D eigenvalue weighted by Crippen LogP contribution is -2.53. The molecule has 1 unspecified atom stereocenters. The summed E-state index contributed by atoms with van der Waals surface area (Å²) in [6.45, 7) is 1.54. The number of hydrazine groups is 1. The molecule has 0 bridgehead atoms. The van der Waals surface area contributed by atoms with Crippen LogP contribution in [-0.2, 0) is 14.3 Å². The first-order valence-corrected chi connectivity index (χ1v) is 5.04. The zero-order valence-electron chi connectivity index (χ0n) is 9.81. The molecule has 1 amide bonds. The third-order valence-corrected chi connectivity index (χ3v) is 2.18. The van der Waals surface area contributed by atoms with Crippen molar-refractivity contribution in [3.05, 3.63) is 0 Å². The van der Waals surface area contributed by atoms with Crippen LogP contribution >= 0.6 is 0 Å². The average molecular weight is 235 g/mol. The van der Waals surface area contributed by atoms with Crippen molar-refractivity contribution >= 4 is 5.91 Å². The van der Waals surface area contributed by atoms with Gasteiger partial charge in [-0.05, 0) is 0 Å². The van der Waals surface area contributed by atoms with Crippen LogP contribution in [0.3, 0.4) is 0 Å². The fourth-order valence-corrected chi connectivity index (χ4v) is 1.36. The molecule has 0 aliphatic heterocycles. The maximum atomic E-state index is 11.5. The number of rotatable bonds is 9. The van der Waals surface area contributed by atoms with E-state index in [1.54, 1.807) is 12.0 Å². The van der Waals surface area contributed by atoms with Crippen LogP contribution in [0, 0.1) is 0 Å². The second-order valence-corrected chi connectivity index (χ2v) is 3.23. The van der Waals surface area contributed by atoms with Gasteiger partial charge in [0.2, 0.25) is 0 Å². The molecule has 0 heterocycles. The molecule has 0 spiro atoms. The van der Waals surface area contributed by atoms with Crippen molar-refractivity contribution in [1.29, 1.82) is 0 Å². The summed E-state index contributed by atoms with van der Waals surface area (Å²) >= 11 is 0. The topological polar surface area (TPSA) is 97.0 Å². The highest BCUT2D eigenvalue weighted by Crippen LogP contribution is 2.00. The summed E-state index contributed by atoms with van der Waals surface area (Å²) in [6, 6.07) is -0.516. The van der Waals surface area contributed by atoms with Crippen LogP contribution < -0.4 is 11.3 Å². The number of hydrogen-bond donors (Lipinski definition) is 3. The van der Waals surface area contributed by atoms with E-state index in [9.17, 15) is 4.79 Å². The summed E-state index contributed by atoms with van der Waals surface area (Å²) in [5.74, 6) is 4.75. The monoisotopic (exact) mass is 235 g/mol. The Bertz CT molecular complexity index is 192. The molecule has 0 rings (SSSR count). The Balaban J connectivity index is 4.43. The average Bonchev–Trinajstić information content (AvgIpc) is 2.31. The standard InChI is InChI=1S/C9H21N3O4/c1-15-6-4-12(3-5-13)8(7-16-2)9(14)11-10/h8,13H,3-7,10H2,1-2H3,(H,11,14). The van der Waals surface area contributed by atoms with Gasteiger partial charge in [-0.1, -0.05) is 0 Å². The number of ether oxygens (including phenoxy) is 2. The second-order valence-electron chi connectivity index (χ2n) is 3.23. The van der Waals surface area contributed by atoms with E-state index in [1.807, 2.05) is 0 Å². The molecule has 0 aliphatic rings. The van der Waals surface area contributed by atoms with Crippen molar-refractivity contribution in [2.45, 2.75) is 6.04 Å². The van der Waals surface area contributed by atoms with Crippen LogP contribution in [0.2, 0.25) is 0 Å². The molecule has 16 heavy (non-hydrogen) atoms. The lowest BCUT2D eigenvalue weighted by molar-refractivity contribution is -0.129. The van der Waals surface area contributed by atoms with E-state index in [-0.39, 0.29) is 19.1 Å². The first kappa shape index (κ1) is 15.3. The van der Waals surface area contributed by atoms with Crippen molar-refractivity contribution < 1.29 is 19.4 Å². The third kappa shape index (κ3) is 5.38. The van der Waals surface area contributed by atoms with Crippen LogP contribution in [-0.4, -0.2) is 69.1 Å². The van der Waals surface area contributed by atoms with Gasteiger partial charge in [-0.3, -0.25) is 15.1 Å². The highest BCUT2D eigenvalue weighted by molar-refractivity contribution is 5.81. The second kappa shape index (κ2) is 9.49. The van der Waals surface area contributed by atoms with Crippen LogP contribution in [0.25, 0.3) is 0 Å². The predicted octanol–water partition coefficient (Wildman–Crippen LogP) is -2.07. The molecular weight excluding hydrogens is 214 g/mol. The molecule has 96 valence electrons. The molecule has 1 atom stereocenters. The normalized spacial score (nSPS) is 12.8. The van der Waals surface area contributed by atoms with E-state index >= 15 is 0 Å². The molecule has 7 nitrogen and oxygen atoms in total. The Labute approximate surface area is 95.5 Å². The predicted molar refractivity (Wildman–Crippen MR) is 58.5 cm³/mol. The van der Waals surface area contributed by atoms with E-state index in [0.29, 0.717) is 19.7 Å². The van der Waals surface area contributed by atoms with Gasteiger partial charge in [0.05, 0.1) is 19.8 Å². The number of nitrogens with two attached hydrogens (primary N) is 1. The molecule has 0 radical (unpaired) electrons. The maximum Gasteiger partial charge on any atom is 0.253 e. The van der Waals surface area contributed by atoms with Gasteiger partial charge in [-0.2, -0.15) is 0 Å². The minimum atomic E-state index is -0.516. The van der Waals surface area contributed by atoms with Gasteiger partial charge in [0, 0.05) is 27.3 Å². The fraction of sp³-hybridized carbons (Fsp3) is 0.889. The molecule has 0 fully saturated rings. The van der Waals surface area contributed by atoms with Gasteiger partial charge in [0.15, 0.2) is 0 Å². The summed E-state index contributed by atoms with van der Waals surface area (Å²) in [4.78, 5) is 13.3. The molecule has 0 aromatic carbocycles. The van der Waals surface area contributed by atoms with Crippen molar-refractivity contribution in [3.63, 3.8) is 0 Å². The summed E-state index contributed by atoms with van der Waals surface area (Å²) in [7, 11) is 3.08. The van der Waals surface area contributed by atoms with Gasteiger partial charge in [0.1, 0.15) is 6.04 Å². The first-order valence-electron chi connectivity index (χ1n) is 5.04. The molecule has 0 aliphatic carbocycles. The Kier molecular flexibility index (Phi) is 9.06. The Hall–Kier alpha value is -0.730. The van der Waals surface area contributed by atoms with Crippen LogP contribution in [0.5, 0.6) is 0 Å². The third-order valence-electron chi connectivity index (χ3n) is 2.18. The highest BCUT2D eigenvalue weighted by Gasteiger charge is 2.24. The number of nitrogens with zero attached hydrogens (tertiary/aromatic N) is 1. The Morgan fingerprint density at radius 1 is 1.44 bits per heavy atom. The van der Waals surface area contributed by atoms with Crippen molar-refractivity contribution in [2.75, 3.05) is 47.1 Å². The maximum absolute atomic E-state index is 11.5. The Morgan fingerprint density at radius 3 is 2.56 bits per heavy atom. The molecule has 0 saturated heterocycles. The summed E-state index contributed by atoms with van der Waals surface area (Å²) in [5.41, 5.74) is 2.08. The zero-order valence-corrected chi connectivity index (χ0v) is 9.81. The number of aliphatic hydroxyl groups is 1. The van der Waals surface area contributed by atoms with Gasteiger partial charge in [-0.25, -0.2) is 5.84 Å². The number of carbonyl (C=O) groups is 1. The lowest BCUT2D eigenvalue weighted by atomic mass is 10.2. The SMILES string of the molecule is COCCN(CCO)C(COC)C(=O)NN. The van der Waals surface area contributed by atoms with E-state index in [2.05, 4.69) is 5.43 Å². The van der Waals surface area contributed by atoms with E-state index in [1.165, 1.54) is 7.11 Å². The van der Waals surface area contributed by atoms with E-state index < -0.39 is 6.04 Å². The molecule has 0 aromatic heterocycles. The summed E-state index contributed by atoms with van der Waals surface area (Å²) in [6.07, 6.45) is 0. The Morgan fingerprint density at radius 2 is 2.12 bits per heavy atom. The van der Waals surface area contributed by atoms with Gasteiger partial charge in [-0.15, -0.1) is 0 Å². The van der Waals surface area contributed by atoms with Crippen LogP contribution in [0.4, 0.5) is 0 Å². The van der Waals surface area contributed by atoms with Crippen LogP contribution in [0.15, 0.2) is 0 Å². The number of nitrogens with one attached hydrogen (secondary N) is 1. The molecule has 4 N–H and O–H groups in total. The minimum Gasteiger partial charge on any atom is -0.395 e. The van der Waals surface area contributed by atoms with Gasteiger partial charge < -0.3 is 14.6 Å². The first-order chi connectivity index (χ1) is 7.71. The lowest BCUT2D eigenvalue weighted by Gasteiger charge is -2.28. The number of carbonyl (C=O) groups excluding carboxylic acids is 1. The van der Waals surface area contributed by atoms with Gasteiger partial charge in [0.25, 0.3) is 5.91 Å².